The fourth-order valence-corrected chi connectivity index (χ4v) is 5.72. The summed E-state index contributed by atoms with van der Waals surface area (Å²) >= 11 is 0. The number of carboxylic acids is 1. The number of hydrogen-bond donors (Lipinski definition) is 2. The van der Waals surface area contributed by atoms with Crippen LogP contribution in [0.15, 0.2) is 42.5 Å². The molecule has 2 heterocycles. The van der Waals surface area contributed by atoms with Gasteiger partial charge in [0.25, 0.3) is 5.91 Å². The second-order valence-corrected chi connectivity index (χ2v) is 11.2. The molecule has 0 aromatic heterocycles. The molecule has 4 rings (SSSR count). The Labute approximate surface area is 246 Å². The third kappa shape index (κ3) is 6.30. The van der Waals surface area contributed by atoms with Crippen molar-refractivity contribution in [1.82, 2.24) is 15.1 Å². The first-order chi connectivity index (χ1) is 20.2. The largest absolute Gasteiger partial charge is 0.478 e. The molecular weight excluding hydrogens is 572 g/mol. The highest BCUT2D eigenvalue weighted by molar-refractivity contribution is 5.98. The van der Waals surface area contributed by atoms with Gasteiger partial charge >= 0.3 is 12.1 Å². The molecule has 2 aliphatic rings. The standard InChI is InChI=1S/C30H34F4N4O5/c1-4-13-37-17-38(21-8-5-19(6-9-21)27(41)42)29(28(37)43)11-14-36(15-12-29)26(40)24(18(2)3)35-25(39)22-16-20(30(32,33)34)7-10-23(22)31/h5-10,16,18,24H,4,11-15,17H2,1-3H3,(H,35,39)(H,41,42)/t24-/m1/s1. The first-order valence-electron chi connectivity index (χ1n) is 14.1. The van der Waals surface area contributed by atoms with Crippen molar-refractivity contribution < 1.29 is 41.8 Å². The number of benzene rings is 2. The molecule has 2 N–H and O–H groups in total. The maximum absolute atomic E-state index is 14.4. The van der Waals surface area contributed by atoms with E-state index in [9.17, 15) is 41.8 Å². The minimum Gasteiger partial charge on any atom is -0.478 e. The van der Waals surface area contributed by atoms with Crippen molar-refractivity contribution >= 4 is 29.4 Å². The van der Waals surface area contributed by atoms with E-state index in [2.05, 4.69) is 5.32 Å². The van der Waals surface area contributed by atoms with Crippen molar-refractivity contribution in [3.8, 4) is 0 Å². The fraction of sp³-hybridized carbons (Fsp3) is 0.467. The van der Waals surface area contributed by atoms with Gasteiger partial charge in [-0.3, -0.25) is 14.4 Å². The quantitative estimate of drug-likeness (QED) is 0.432. The Balaban J connectivity index is 1.53. The molecule has 2 fully saturated rings. The van der Waals surface area contributed by atoms with Crippen LogP contribution in [-0.2, 0) is 15.8 Å². The molecule has 2 aromatic carbocycles. The third-order valence-electron chi connectivity index (χ3n) is 8.09. The molecule has 0 bridgehead atoms. The molecule has 232 valence electrons. The van der Waals surface area contributed by atoms with Crippen molar-refractivity contribution in [2.24, 2.45) is 5.92 Å². The van der Waals surface area contributed by atoms with Gasteiger partial charge in [-0.05, 0) is 67.6 Å². The molecule has 1 atom stereocenters. The van der Waals surface area contributed by atoms with Crippen LogP contribution >= 0.6 is 0 Å². The first-order valence-corrected chi connectivity index (χ1v) is 14.1. The Morgan fingerprint density at radius 2 is 1.67 bits per heavy atom. The number of amides is 3. The fourth-order valence-electron chi connectivity index (χ4n) is 5.72. The van der Waals surface area contributed by atoms with Crippen molar-refractivity contribution in [3.63, 3.8) is 0 Å². The lowest BCUT2D eigenvalue weighted by Crippen LogP contribution is -2.60. The topological polar surface area (TPSA) is 110 Å². The summed E-state index contributed by atoms with van der Waals surface area (Å²) < 4.78 is 53.8. The van der Waals surface area contributed by atoms with E-state index in [1.165, 1.54) is 17.0 Å². The van der Waals surface area contributed by atoms with E-state index in [1.54, 1.807) is 30.9 Å². The molecule has 0 unspecified atom stereocenters. The summed E-state index contributed by atoms with van der Waals surface area (Å²) in [5.41, 5.74) is -2.18. The number of carboxylic acid groups (broad SMARTS) is 1. The first kappa shape index (κ1) is 31.8. The van der Waals surface area contributed by atoms with Gasteiger partial charge in [-0.1, -0.05) is 20.8 Å². The normalized spacial score (nSPS) is 17.5. The number of carbonyl (C=O) groups is 4. The van der Waals surface area contributed by atoms with Crippen molar-refractivity contribution in [2.75, 3.05) is 31.2 Å². The maximum Gasteiger partial charge on any atom is 0.416 e. The van der Waals surface area contributed by atoms with E-state index in [0.717, 1.165) is 6.42 Å². The highest BCUT2D eigenvalue weighted by atomic mass is 19.4. The highest BCUT2D eigenvalue weighted by Gasteiger charge is 2.54. The monoisotopic (exact) mass is 606 g/mol. The van der Waals surface area contributed by atoms with Gasteiger partial charge in [0, 0.05) is 25.3 Å². The minimum absolute atomic E-state index is 0.0857. The van der Waals surface area contributed by atoms with Crippen LogP contribution in [0.25, 0.3) is 0 Å². The predicted octanol–water partition coefficient (Wildman–Crippen LogP) is 4.37. The molecule has 13 heteroatoms. The summed E-state index contributed by atoms with van der Waals surface area (Å²) in [6, 6.07) is 6.63. The summed E-state index contributed by atoms with van der Waals surface area (Å²) in [6.45, 7) is 6.42. The van der Waals surface area contributed by atoms with Gasteiger partial charge in [-0.2, -0.15) is 13.2 Å². The average molecular weight is 607 g/mol. The van der Waals surface area contributed by atoms with Gasteiger partial charge < -0.3 is 25.1 Å². The number of rotatable bonds is 8. The molecule has 2 aromatic rings. The number of anilines is 1. The van der Waals surface area contributed by atoms with Crippen LogP contribution in [0.1, 0.15) is 66.3 Å². The molecular formula is C30H34F4N4O5. The molecule has 0 saturated carbocycles. The van der Waals surface area contributed by atoms with Crippen LogP contribution in [0.2, 0.25) is 0 Å². The molecule has 0 radical (unpaired) electrons. The predicted molar refractivity (Wildman–Crippen MR) is 149 cm³/mol. The lowest BCUT2D eigenvalue weighted by Gasteiger charge is -2.44. The SMILES string of the molecule is CCCN1CN(c2ccc(C(=O)O)cc2)C2(CCN(C(=O)[C@H](NC(=O)c3cc(C(F)(F)F)ccc3F)C(C)C)CC2)C1=O. The van der Waals surface area contributed by atoms with E-state index in [-0.39, 0.29) is 37.4 Å². The number of halogens is 4. The molecule has 1 spiro atoms. The zero-order valence-electron chi connectivity index (χ0n) is 24.1. The van der Waals surface area contributed by atoms with Crippen LogP contribution in [0, 0.1) is 11.7 Å². The van der Waals surface area contributed by atoms with Gasteiger partial charge in [0.15, 0.2) is 0 Å². The van der Waals surface area contributed by atoms with Crippen LogP contribution in [0.4, 0.5) is 23.2 Å². The van der Waals surface area contributed by atoms with E-state index >= 15 is 0 Å². The number of carbonyl (C=O) groups excluding carboxylic acids is 3. The lowest BCUT2D eigenvalue weighted by atomic mass is 9.84. The zero-order chi connectivity index (χ0) is 31.7. The third-order valence-corrected chi connectivity index (χ3v) is 8.09. The van der Waals surface area contributed by atoms with Gasteiger partial charge in [-0.25, -0.2) is 9.18 Å². The van der Waals surface area contributed by atoms with Gasteiger partial charge in [0.1, 0.15) is 17.4 Å². The number of aromatic carboxylic acids is 1. The van der Waals surface area contributed by atoms with E-state index in [1.807, 2.05) is 11.8 Å². The Morgan fingerprint density at radius 3 is 2.21 bits per heavy atom. The number of nitrogens with zero attached hydrogens (tertiary/aromatic N) is 3. The molecule has 0 aliphatic carbocycles. The van der Waals surface area contributed by atoms with E-state index in [0.29, 0.717) is 37.1 Å². The van der Waals surface area contributed by atoms with Crippen molar-refractivity contribution in [2.45, 2.75) is 57.8 Å². The Morgan fingerprint density at radius 1 is 1.05 bits per heavy atom. The summed E-state index contributed by atoms with van der Waals surface area (Å²) in [4.78, 5) is 56.7. The Bertz CT molecular complexity index is 1390. The summed E-state index contributed by atoms with van der Waals surface area (Å²) in [7, 11) is 0. The minimum atomic E-state index is -4.78. The van der Waals surface area contributed by atoms with Gasteiger partial charge in [-0.15, -0.1) is 0 Å². The summed E-state index contributed by atoms with van der Waals surface area (Å²) in [5, 5.41) is 11.7. The second-order valence-electron chi connectivity index (χ2n) is 11.2. The highest BCUT2D eigenvalue weighted by Crippen LogP contribution is 2.40. The van der Waals surface area contributed by atoms with Crippen LogP contribution in [-0.4, -0.2) is 76.5 Å². The lowest BCUT2D eigenvalue weighted by molar-refractivity contribution is -0.140. The summed E-state index contributed by atoms with van der Waals surface area (Å²) in [6.07, 6.45) is -3.52. The number of likely N-dealkylation sites (tertiary alicyclic amines) is 1. The number of alkyl halides is 3. The summed E-state index contributed by atoms with van der Waals surface area (Å²) in [5.74, 6) is -4.40. The number of hydrogen-bond acceptors (Lipinski definition) is 5. The van der Waals surface area contributed by atoms with E-state index in [4.69, 9.17) is 0 Å². The van der Waals surface area contributed by atoms with Gasteiger partial charge in [0.2, 0.25) is 11.8 Å². The van der Waals surface area contributed by atoms with Crippen LogP contribution in [0.5, 0.6) is 0 Å². The zero-order valence-corrected chi connectivity index (χ0v) is 24.1. The Kier molecular flexibility index (Phi) is 9.02. The number of piperidine rings is 1. The van der Waals surface area contributed by atoms with Crippen LogP contribution in [0.3, 0.4) is 0 Å². The molecule has 2 aliphatic heterocycles. The van der Waals surface area contributed by atoms with Gasteiger partial charge in [0.05, 0.1) is 23.4 Å². The van der Waals surface area contributed by atoms with E-state index < -0.39 is 58.4 Å². The van der Waals surface area contributed by atoms with Crippen molar-refractivity contribution in [3.05, 3.63) is 65.0 Å². The maximum atomic E-state index is 14.4. The van der Waals surface area contributed by atoms with Crippen LogP contribution < -0.4 is 10.2 Å². The number of nitrogens with one attached hydrogen (secondary N) is 1. The molecule has 2 saturated heterocycles. The molecule has 3 amide bonds. The van der Waals surface area contributed by atoms with Crippen molar-refractivity contribution in [1.29, 1.82) is 0 Å². The molecule has 9 nitrogen and oxygen atoms in total. The smallest absolute Gasteiger partial charge is 0.416 e. The Hall–Kier alpha value is -4.16. The second kappa shape index (κ2) is 12.2. The average Bonchev–Trinajstić information content (AvgIpc) is 3.21. The molecule has 43 heavy (non-hydrogen) atoms.